The van der Waals surface area contributed by atoms with E-state index in [1.807, 2.05) is 37.3 Å². The highest BCUT2D eigenvalue weighted by atomic mass is 16.2. The minimum atomic E-state index is -0.647. The maximum atomic E-state index is 12.9. The quantitative estimate of drug-likeness (QED) is 0.751. The number of carbonyl (C=O) groups is 4. The van der Waals surface area contributed by atoms with Crippen LogP contribution in [0.4, 0.5) is 0 Å². The van der Waals surface area contributed by atoms with Gasteiger partial charge in [0, 0.05) is 32.1 Å². The molecule has 31 heavy (non-hydrogen) atoms. The van der Waals surface area contributed by atoms with E-state index in [0.29, 0.717) is 31.5 Å². The minimum absolute atomic E-state index is 0.00504. The summed E-state index contributed by atoms with van der Waals surface area (Å²) in [5, 5.41) is 2.32. The van der Waals surface area contributed by atoms with Crippen molar-refractivity contribution in [2.24, 2.45) is 0 Å². The number of aryl methyl sites for hydroxylation is 1. The van der Waals surface area contributed by atoms with E-state index in [1.54, 1.807) is 24.1 Å². The van der Waals surface area contributed by atoms with Crippen LogP contribution in [-0.4, -0.2) is 46.5 Å². The predicted octanol–water partition coefficient (Wildman–Crippen LogP) is 1.96. The van der Waals surface area contributed by atoms with Gasteiger partial charge in [0.1, 0.15) is 6.04 Å². The van der Waals surface area contributed by atoms with Gasteiger partial charge in [0.2, 0.25) is 17.7 Å². The van der Waals surface area contributed by atoms with E-state index in [1.165, 1.54) is 4.90 Å². The average molecular weight is 419 g/mol. The molecular formula is C24H25N3O4. The highest BCUT2D eigenvalue weighted by molar-refractivity contribution is 6.05. The van der Waals surface area contributed by atoms with Gasteiger partial charge in [-0.05, 0) is 36.1 Å². The molecule has 2 aromatic rings. The maximum absolute atomic E-state index is 12.9. The number of hydrogen-bond acceptors (Lipinski definition) is 4. The third kappa shape index (κ3) is 4.21. The SMILES string of the molecule is Cc1cccc(CC(=O)N(C)Cc2cccc3c2CN(C2CCC(=O)NC2=O)C3=O)c1. The van der Waals surface area contributed by atoms with Crippen LogP contribution in [0.1, 0.15) is 45.5 Å². The standard InChI is InChI=1S/C24H25N3O4/c1-15-5-3-6-16(11-15)12-22(29)26(2)13-17-7-4-8-18-19(17)14-27(24(18)31)20-9-10-21(28)25-23(20)30/h3-8,11,20H,9-10,12-14H2,1-2H3,(H,25,28,30). The fourth-order valence-electron chi connectivity index (χ4n) is 4.27. The van der Waals surface area contributed by atoms with Crippen molar-refractivity contribution in [3.63, 3.8) is 0 Å². The van der Waals surface area contributed by atoms with Crippen LogP contribution in [0.3, 0.4) is 0 Å². The molecule has 160 valence electrons. The number of likely N-dealkylation sites (N-methyl/N-ethyl adjacent to an activating group) is 1. The number of hydrogen-bond donors (Lipinski definition) is 1. The summed E-state index contributed by atoms with van der Waals surface area (Å²) in [5.41, 5.74) is 4.37. The van der Waals surface area contributed by atoms with Crippen LogP contribution in [0.25, 0.3) is 0 Å². The molecule has 0 radical (unpaired) electrons. The Bertz CT molecular complexity index is 1080. The fourth-order valence-corrected chi connectivity index (χ4v) is 4.27. The molecule has 7 heteroatoms. The normalized spacial score (nSPS) is 18.1. The van der Waals surface area contributed by atoms with Crippen molar-refractivity contribution < 1.29 is 19.2 Å². The smallest absolute Gasteiger partial charge is 0.255 e. The molecule has 1 N–H and O–H groups in total. The van der Waals surface area contributed by atoms with E-state index < -0.39 is 11.9 Å². The highest BCUT2D eigenvalue weighted by Gasteiger charge is 2.39. The van der Waals surface area contributed by atoms with Crippen LogP contribution >= 0.6 is 0 Å². The third-order valence-electron chi connectivity index (χ3n) is 5.95. The number of imide groups is 1. The lowest BCUT2D eigenvalue weighted by molar-refractivity contribution is -0.137. The number of fused-ring (bicyclic) bond motifs is 1. The van der Waals surface area contributed by atoms with Crippen LogP contribution in [0.5, 0.6) is 0 Å². The molecule has 0 saturated carbocycles. The summed E-state index contributed by atoms with van der Waals surface area (Å²) in [4.78, 5) is 52.6. The van der Waals surface area contributed by atoms with Gasteiger partial charge < -0.3 is 9.80 Å². The van der Waals surface area contributed by atoms with E-state index in [-0.39, 0.29) is 24.1 Å². The van der Waals surface area contributed by atoms with Gasteiger partial charge in [-0.25, -0.2) is 0 Å². The topological polar surface area (TPSA) is 86.8 Å². The number of amides is 4. The van der Waals surface area contributed by atoms with Crippen molar-refractivity contribution in [1.29, 1.82) is 0 Å². The lowest BCUT2D eigenvalue weighted by atomic mass is 10.0. The first kappa shape index (κ1) is 20.8. The van der Waals surface area contributed by atoms with Crippen molar-refractivity contribution in [2.75, 3.05) is 7.05 Å². The first-order valence-electron chi connectivity index (χ1n) is 10.4. The monoisotopic (exact) mass is 419 g/mol. The Morgan fingerprint density at radius 3 is 2.68 bits per heavy atom. The molecule has 2 aliphatic rings. The van der Waals surface area contributed by atoms with Gasteiger partial charge in [-0.1, -0.05) is 42.0 Å². The lowest BCUT2D eigenvalue weighted by Crippen LogP contribution is -2.52. The number of benzene rings is 2. The van der Waals surface area contributed by atoms with Crippen molar-refractivity contribution in [3.8, 4) is 0 Å². The minimum Gasteiger partial charge on any atom is -0.341 e. The number of nitrogens with one attached hydrogen (secondary N) is 1. The Morgan fingerprint density at radius 1 is 1.16 bits per heavy atom. The number of rotatable bonds is 5. The summed E-state index contributed by atoms with van der Waals surface area (Å²) in [5.74, 6) is -0.945. The van der Waals surface area contributed by atoms with E-state index in [4.69, 9.17) is 0 Å². The molecule has 0 bridgehead atoms. The van der Waals surface area contributed by atoms with Crippen LogP contribution in [-0.2, 0) is 33.9 Å². The van der Waals surface area contributed by atoms with Crippen molar-refractivity contribution in [3.05, 3.63) is 70.3 Å². The zero-order valence-corrected chi connectivity index (χ0v) is 17.7. The maximum Gasteiger partial charge on any atom is 0.255 e. The van der Waals surface area contributed by atoms with Crippen LogP contribution in [0.15, 0.2) is 42.5 Å². The number of piperidine rings is 1. The molecule has 1 saturated heterocycles. The first-order valence-corrected chi connectivity index (χ1v) is 10.4. The molecule has 2 aromatic carbocycles. The van der Waals surface area contributed by atoms with Gasteiger partial charge in [-0.15, -0.1) is 0 Å². The molecule has 7 nitrogen and oxygen atoms in total. The molecule has 2 heterocycles. The first-order chi connectivity index (χ1) is 14.8. The van der Waals surface area contributed by atoms with E-state index >= 15 is 0 Å². The van der Waals surface area contributed by atoms with Gasteiger partial charge in [0.15, 0.2) is 0 Å². The van der Waals surface area contributed by atoms with E-state index in [0.717, 1.165) is 22.3 Å². The second-order valence-corrected chi connectivity index (χ2v) is 8.26. The number of carbonyl (C=O) groups excluding carboxylic acids is 4. The Hall–Kier alpha value is -3.48. The van der Waals surface area contributed by atoms with Crippen molar-refractivity contribution >= 4 is 23.6 Å². The van der Waals surface area contributed by atoms with Crippen LogP contribution < -0.4 is 5.32 Å². The number of nitrogens with zero attached hydrogens (tertiary/aromatic N) is 2. The molecule has 0 aliphatic carbocycles. The van der Waals surface area contributed by atoms with Crippen molar-refractivity contribution in [2.45, 2.75) is 45.3 Å². The Morgan fingerprint density at radius 2 is 1.94 bits per heavy atom. The van der Waals surface area contributed by atoms with Crippen molar-refractivity contribution in [1.82, 2.24) is 15.1 Å². The summed E-state index contributed by atoms with van der Waals surface area (Å²) >= 11 is 0. The molecule has 1 unspecified atom stereocenters. The Balaban J connectivity index is 1.49. The molecule has 1 atom stereocenters. The molecule has 1 fully saturated rings. The van der Waals surface area contributed by atoms with Crippen LogP contribution in [0, 0.1) is 6.92 Å². The second kappa shape index (κ2) is 8.34. The Labute approximate surface area is 181 Å². The summed E-state index contributed by atoms with van der Waals surface area (Å²) < 4.78 is 0. The van der Waals surface area contributed by atoms with Gasteiger partial charge in [-0.3, -0.25) is 24.5 Å². The zero-order valence-electron chi connectivity index (χ0n) is 17.7. The Kier molecular flexibility index (Phi) is 5.59. The van der Waals surface area contributed by atoms with Gasteiger partial charge in [-0.2, -0.15) is 0 Å². The lowest BCUT2D eigenvalue weighted by Gasteiger charge is -2.29. The van der Waals surface area contributed by atoms with Crippen LogP contribution in [0.2, 0.25) is 0 Å². The molecule has 4 rings (SSSR count). The summed E-state index contributed by atoms with van der Waals surface area (Å²) in [6, 6.07) is 12.7. The summed E-state index contributed by atoms with van der Waals surface area (Å²) in [7, 11) is 1.76. The zero-order chi connectivity index (χ0) is 22.1. The highest BCUT2D eigenvalue weighted by Crippen LogP contribution is 2.30. The van der Waals surface area contributed by atoms with Gasteiger partial charge in [0.05, 0.1) is 6.42 Å². The average Bonchev–Trinajstić information content (AvgIpc) is 3.05. The molecule has 2 aliphatic heterocycles. The van der Waals surface area contributed by atoms with Gasteiger partial charge >= 0.3 is 0 Å². The predicted molar refractivity (Wildman–Crippen MR) is 114 cm³/mol. The second-order valence-electron chi connectivity index (χ2n) is 8.26. The van der Waals surface area contributed by atoms with E-state index in [9.17, 15) is 19.2 Å². The van der Waals surface area contributed by atoms with E-state index in [2.05, 4.69) is 5.32 Å². The molecule has 0 spiro atoms. The fraction of sp³-hybridized carbons (Fsp3) is 0.333. The summed E-state index contributed by atoms with van der Waals surface area (Å²) in [6.07, 6.45) is 0.864. The third-order valence-corrected chi connectivity index (χ3v) is 5.95. The van der Waals surface area contributed by atoms with Gasteiger partial charge in [0.25, 0.3) is 5.91 Å². The molecule has 4 amide bonds. The summed E-state index contributed by atoms with van der Waals surface area (Å²) in [6.45, 7) is 2.68. The molecular weight excluding hydrogens is 394 g/mol. The molecule has 0 aromatic heterocycles. The largest absolute Gasteiger partial charge is 0.341 e.